The molecule has 0 fully saturated rings. The summed E-state index contributed by atoms with van der Waals surface area (Å²) in [7, 11) is 4.51. The van der Waals surface area contributed by atoms with Crippen LogP contribution in [0.2, 0.25) is 0 Å². The van der Waals surface area contributed by atoms with E-state index in [2.05, 4.69) is 38.6 Å². The fourth-order valence-corrected chi connectivity index (χ4v) is 5.61. The van der Waals surface area contributed by atoms with Crippen LogP contribution >= 0.6 is 10.0 Å². The first kappa shape index (κ1) is 32.7. The van der Waals surface area contributed by atoms with Crippen LogP contribution in [-0.4, -0.2) is 32.1 Å². The number of aryl methyl sites for hydroxylation is 3. The molecule has 5 rings (SSSR count). The van der Waals surface area contributed by atoms with Gasteiger partial charge in [-0.05, 0) is 68.9 Å². The Kier molecular flexibility index (Phi) is 10.2. The zero-order chi connectivity index (χ0) is 32.3. The van der Waals surface area contributed by atoms with Gasteiger partial charge in [0.2, 0.25) is 0 Å². The van der Waals surface area contributed by atoms with Crippen LogP contribution in [0.5, 0.6) is 0 Å². The molecule has 10 heteroatoms. The molecule has 3 aromatic heterocycles. The summed E-state index contributed by atoms with van der Waals surface area (Å²) in [5, 5.41) is 18.9. The van der Waals surface area contributed by atoms with Crippen LogP contribution in [0.25, 0.3) is 50.4 Å². The second-order valence-corrected chi connectivity index (χ2v) is 10.6. The van der Waals surface area contributed by atoms with Crippen molar-refractivity contribution in [2.75, 3.05) is 0 Å². The first-order valence-corrected chi connectivity index (χ1v) is 15.7. The van der Waals surface area contributed by atoms with Gasteiger partial charge in [-0.3, -0.25) is 9.59 Å². The fraction of sp³-hybridized carbons (Fsp3) is 0.235. The number of carbonyl (C=O) groups is 2. The van der Waals surface area contributed by atoms with Crippen molar-refractivity contribution in [1.82, 2.24) is 19.9 Å². The van der Waals surface area contributed by atoms with E-state index >= 15 is 0 Å². The SMILES string of the molecule is C=CC1=C(C)c2cc3[n-]c(cc4nc(cc5[n-]c(cc1n2)c(C=C)c5C)C(C)=C4CCC(=O)O)c(CCC(=O)O)c3C.[Cl][Cr+2]. The van der Waals surface area contributed by atoms with Gasteiger partial charge >= 0.3 is 37.4 Å². The molecule has 0 spiro atoms. The van der Waals surface area contributed by atoms with Gasteiger partial charge < -0.3 is 20.2 Å². The Balaban J connectivity index is 0.00000216. The molecule has 5 heterocycles. The van der Waals surface area contributed by atoms with Crippen molar-refractivity contribution in [1.29, 1.82) is 0 Å². The molecule has 8 bridgehead atoms. The number of carboxylic acid groups (broad SMARTS) is 2. The number of carboxylic acids is 2. The molecule has 0 atom stereocenters. The molecule has 0 radical (unpaired) electrons. The number of nitrogens with zero attached hydrogens (tertiary/aromatic N) is 4. The molecule has 0 aliphatic carbocycles. The topological polar surface area (TPSA) is 129 Å². The third-order valence-corrected chi connectivity index (χ3v) is 8.06. The summed E-state index contributed by atoms with van der Waals surface area (Å²) in [6.45, 7) is 15.9. The van der Waals surface area contributed by atoms with E-state index in [-0.39, 0.29) is 12.8 Å². The Labute approximate surface area is 268 Å². The predicted molar refractivity (Wildman–Crippen MR) is 172 cm³/mol. The molecule has 0 aromatic carbocycles. The molecule has 0 unspecified atom stereocenters. The standard InChI is InChI=1S/C34H34N4O4.ClH.Cr/c1-7-21-17(3)25-13-27-19(5)23(9-11-33(39)40)31(37-27)16-32-24(10-12-34(41)42)20(6)28(38-32)14-26-18(4)22(8-2)30(36-26)15-29(21)35-25;;/h7-8,13-16H,1-2,9-12H2,3-6H3,(H4,35,36,37,38,39,40,41,42);1H;/q;;+3/p-3. The molecule has 2 aliphatic rings. The average molecular weight is 648 g/mol. The van der Waals surface area contributed by atoms with E-state index in [0.717, 1.165) is 67.0 Å². The Morgan fingerprint density at radius 3 is 1.89 bits per heavy atom. The van der Waals surface area contributed by atoms with Gasteiger partial charge in [0.15, 0.2) is 0 Å². The number of allylic oxidation sites excluding steroid dienone is 5. The number of aromatic nitrogens is 4. The van der Waals surface area contributed by atoms with Gasteiger partial charge in [0.25, 0.3) is 0 Å². The molecule has 8 nitrogen and oxygen atoms in total. The number of halogens is 1. The molecule has 0 saturated heterocycles. The Bertz CT molecular complexity index is 1930. The van der Waals surface area contributed by atoms with Crippen LogP contribution in [0.15, 0.2) is 43.5 Å². The fourth-order valence-electron chi connectivity index (χ4n) is 5.61. The van der Waals surface area contributed by atoms with Gasteiger partial charge in [0.05, 0.1) is 22.8 Å². The van der Waals surface area contributed by atoms with Crippen molar-refractivity contribution in [3.63, 3.8) is 0 Å². The van der Waals surface area contributed by atoms with Gasteiger partial charge in [-0.25, -0.2) is 9.97 Å². The van der Waals surface area contributed by atoms with Crippen LogP contribution in [-0.2, 0) is 31.4 Å². The van der Waals surface area contributed by atoms with Crippen LogP contribution in [0.1, 0.15) is 78.1 Å². The molecule has 0 saturated carbocycles. The molecular formula is C34H32ClCrN4O4. The van der Waals surface area contributed by atoms with Gasteiger partial charge in [0, 0.05) is 18.4 Å². The Morgan fingerprint density at radius 2 is 1.27 bits per heavy atom. The number of aliphatic carboxylic acids is 2. The van der Waals surface area contributed by atoms with E-state index in [1.54, 1.807) is 12.2 Å². The third-order valence-electron chi connectivity index (χ3n) is 8.06. The molecule has 2 N–H and O–H groups in total. The van der Waals surface area contributed by atoms with Crippen LogP contribution in [0, 0.1) is 13.8 Å². The van der Waals surface area contributed by atoms with Gasteiger partial charge in [-0.1, -0.05) is 60.2 Å². The van der Waals surface area contributed by atoms with Crippen molar-refractivity contribution in [2.24, 2.45) is 0 Å². The van der Waals surface area contributed by atoms with Gasteiger partial charge in [-0.2, -0.15) is 0 Å². The normalized spacial score (nSPS) is 12.5. The summed E-state index contributed by atoms with van der Waals surface area (Å²) in [5.74, 6) is -1.79. The van der Waals surface area contributed by atoms with E-state index < -0.39 is 11.9 Å². The second-order valence-electron chi connectivity index (χ2n) is 10.6. The Morgan fingerprint density at radius 1 is 0.750 bits per heavy atom. The Hall–Kier alpha value is -4.16. The number of hydrogen-bond acceptors (Lipinski definition) is 4. The van der Waals surface area contributed by atoms with Crippen molar-refractivity contribution in [3.05, 3.63) is 88.5 Å². The minimum atomic E-state index is -0.896. The summed E-state index contributed by atoms with van der Waals surface area (Å²) in [5.41, 5.74) is 12.6. The van der Waals surface area contributed by atoms with Crippen molar-refractivity contribution in [3.8, 4) is 0 Å². The molecule has 3 aromatic rings. The zero-order valence-electron chi connectivity index (χ0n) is 25.0. The van der Waals surface area contributed by atoms with Gasteiger partial charge in [-0.15, -0.1) is 22.1 Å². The quantitative estimate of drug-likeness (QED) is 0.258. The van der Waals surface area contributed by atoms with E-state index in [9.17, 15) is 19.8 Å². The predicted octanol–water partition coefficient (Wildman–Crippen LogP) is 7.45. The minimum absolute atomic E-state index is 0.0474. The molecule has 44 heavy (non-hydrogen) atoms. The van der Waals surface area contributed by atoms with Crippen molar-refractivity contribution in [2.45, 2.75) is 53.4 Å². The summed E-state index contributed by atoms with van der Waals surface area (Å²) >= 11 is 2.10. The van der Waals surface area contributed by atoms with Crippen LogP contribution in [0.4, 0.5) is 0 Å². The van der Waals surface area contributed by atoms with E-state index in [1.807, 2.05) is 52.0 Å². The summed E-state index contributed by atoms with van der Waals surface area (Å²) in [6.07, 6.45) is 4.07. The van der Waals surface area contributed by atoms with E-state index in [0.29, 0.717) is 35.3 Å². The van der Waals surface area contributed by atoms with E-state index in [1.165, 1.54) is 0 Å². The third kappa shape index (κ3) is 6.36. The number of hydrogen-bond donors (Lipinski definition) is 2. The maximum atomic E-state index is 11.5. The van der Waals surface area contributed by atoms with Gasteiger partial charge in [0.1, 0.15) is 0 Å². The summed E-state index contributed by atoms with van der Waals surface area (Å²) < 4.78 is 0. The molecular weight excluding hydrogens is 616 g/mol. The van der Waals surface area contributed by atoms with Crippen LogP contribution < -0.4 is 9.97 Å². The molecule has 2 aliphatic heterocycles. The molecule has 0 amide bonds. The number of rotatable bonds is 8. The average Bonchev–Trinajstić information content (AvgIpc) is 3.64. The summed E-state index contributed by atoms with van der Waals surface area (Å²) in [4.78, 5) is 42.7. The maximum absolute atomic E-state index is 11.5. The first-order valence-electron chi connectivity index (χ1n) is 13.9. The molecule has 225 valence electrons. The zero-order valence-corrected chi connectivity index (χ0v) is 27.0. The monoisotopic (exact) mass is 647 g/mol. The number of fused-ring (bicyclic) bond motifs is 8. The summed E-state index contributed by atoms with van der Waals surface area (Å²) in [6, 6.07) is 7.62. The van der Waals surface area contributed by atoms with Crippen LogP contribution in [0.3, 0.4) is 0 Å². The van der Waals surface area contributed by atoms with E-state index in [4.69, 9.17) is 19.9 Å². The van der Waals surface area contributed by atoms with Crippen molar-refractivity contribution < 1.29 is 35.2 Å². The first-order chi connectivity index (χ1) is 21.0. The van der Waals surface area contributed by atoms with Crippen molar-refractivity contribution >= 4 is 72.4 Å². The second kappa shape index (κ2) is 13.6.